The second-order valence-electron chi connectivity index (χ2n) is 12.0. The van der Waals surface area contributed by atoms with E-state index in [-0.39, 0.29) is 48.6 Å². The van der Waals surface area contributed by atoms with Crippen LogP contribution in [0.1, 0.15) is 62.9 Å². The average Bonchev–Trinajstić information content (AvgIpc) is 2.92. The number of carbonyl (C=O) groups excluding carboxylic acids is 2. The van der Waals surface area contributed by atoms with Crippen LogP contribution in [0, 0.1) is 23.5 Å². The van der Waals surface area contributed by atoms with Gasteiger partial charge in [-0.3, -0.25) is 14.5 Å². The normalized spacial score (nSPS) is 16.8. The first-order valence-electron chi connectivity index (χ1n) is 14.6. The first kappa shape index (κ1) is 35.5. The van der Waals surface area contributed by atoms with Gasteiger partial charge in [-0.25, -0.2) is 8.78 Å². The van der Waals surface area contributed by atoms with Crippen molar-refractivity contribution in [2.45, 2.75) is 71.8 Å². The minimum absolute atomic E-state index is 0.0539. The summed E-state index contributed by atoms with van der Waals surface area (Å²) in [5.41, 5.74) is 0.0286. The number of anilines is 2. The number of benzene rings is 2. The number of hydrogen-bond acceptors (Lipinski definition) is 5. The lowest BCUT2D eigenvalue weighted by atomic mass is 9.99. The van der Waals surface area contributed by atoms with Gasteiger partial charge in [0.15, 0.2) is 11.6 Å². The second-order valence-corrected chi connectivity index (χ2v) is 12.4. The summed E-state index contributed by atoms with van der Waals surface area (Å²) >= 11 is 6.27. The molecule has 13 heteroatoms. The first-order chi connectivity index (χ1) is 20.6. The van der Waals surface area contributed by atoms with Gasteiger partial charge >= 0.3 is 6.18 Å². The molecule has 2 amide bonds. The number of aliphatic hydroxyl groups is 1. The molecule has 1 fully saturated rings. The van der Waals surface area contributed by atoms with Gasteiger partial charge in [-0.05, 0) is 48.9 Å². The number of halogens is 6. The SMILES string of the molecule is CC(C)CC(O)C(=O)NCc1ccc(C(=O)Nc2ccc(Cl)cc2N2CCN(CCC(F)(F)F)[C@@H](CC(C)C)C2)c(F)c1F. The van der Waals surface area contributed by atoms with E-state index in [9.17, 15) is 32.3 Å². The van der Waals surface area contributed by atoms with Crippen molar-refractivity contribution in [1.82, 2.24) is 10.2 Å². The molecular formula is C31H40ClF5N4O3. The number of alkyl halides is 3. The third-order valence-corrected chi connectivity index (χ3v) is 7.67. The molecule has 2 atom stereocenters. The monoisotopic (exact) mass is 646 g/mol. The van der Waals surface area contributed by atoms with Crippen LogP contribution in [-0.2, 0) is 11.3 Å². The van der Waals surface area contributed by atoms with E-state index in [2.05, 4.69) is 10.6 Å². The van der Waals surface area contributed by atoms with E-state index in [1.807, 2.05) is 37.5 Å². The Morgan fingerprint density at radius 3 is 2.39 bits per heavy atom. The van der Waals surface area contributed by atoms with Crippen LogP contribution in [-0.4, -0.2) is 66.3 Å². The molecule has 1 saturated heterocycles. The summed E-state index contributed by atoms with van der Waals surface area (Å²) in [6, 6.07) is 6.78. The minimum Gasteiger partial charge on any atom is -0.383 e. The smallest absolute Gasteiger partial charge is 0.383 e. The van der Waals surface area contributed by atoms with E-state index >= 15 is 4.39 Å². The molecule has 1 aliphatic rings. The van der Waals surface area contributed by atoms with Gasteiger partial charge in [0.2, 0.25) is 5.91 Å². The number of hydrogen-bond donors (Lipinski definition) is 3. The molecule has 0 spiro atoms. The van der Waals surface area contributed by atoms with E-state index in [1.165, 1.54) is 18.2 Å². The van der Waals surface area contributed by atoms with Crippen molar-refractivity contribution in [2.75, 3.05) is 36.4 Å². The highest BCUT2D eigenvalue weighted by Gasteiger charge is 2.33. The van der Waals surface area contributed by atoms with Crippen molar-refractivity contribution in [1.29, 1.82) is 0 Å². The highest BCUT2D eigenvalue weighted by atomic mass is 35.5. The Hall–Kier alpha value is -2.96. The molecule has 0 bridgehead atoms. The molecule has 1 heterocycles. The van der Waals surface area contributed by atoms with Crippen molar-refractivity contribution >= 4 is 34.8 Å². The molecular weight excluding hydrogens is 607 g/mol. The van der Waals surface area contributed by atoms with Crippen LogP contribution in [0.2, 0.25) is 5.02 Å². The Morgan fingerprint density at radius 2 is 1.75 bits per heavy atom. The maximum atomic E-state index is 15.0. The lowest BCUT2D eigenvalue weighted by Crippen LogP contribution is -2.54. The topological polar surface area (TPSA) is 84.9 Å². The van der Waals surface area contributed by atoms with Crippen LogP contribution in [0.5, 0.6) is 0 Å². The summed E-state index contributed by atoms with van der Waals surface area (Å²) in [5.74, 6) is -4.06. The lowest BCUT2D eigenvalue weighted by Gasteiger charge is -2.43. The number of aliphatic hydroxyl groups excluding tert-OH is 1. The Balaban J connectivity index is 1.76. The number of piperazine rings is 1. The van der Waals surface area contributed by atoms with Gasteiger partial charge in [-0.1, -0.05) is 45.4 Å². The number of carbonyl (C=O) groups is 2. The van der Waals surface area contributed by atoms with Gasteiger partial charge in [-0.2, -0.15) is 13.2 Å². The van der Waals surface area contributed by atoms with Gasteiger partial charge < -0.3 is 20.6 Å². The van der Waals surface area contributed by atoms with Gasteiger partial charge in [0.25, 0.3) is 5.91 Å². The Labute approximate surface area is 259 Å². The highest BCUT2D eigenvalue weighted by Crippen LogP contribution is 2.33. The molecule has 3 N–H and O–H groups in total. The molecule has 244 valence electrons. The van der Waals surface area contributed by atoms with Gasteiger partial charge in [-0.15, -0.1) is 0 Å². The molecule has 0 aliphatic carbocycles. The summed E-state index contributed by atoms with van der Waals surface area (Å²) in [6.45, 7) is 8.26. The molecule has 1 unspecified atom stereocenters. The van der Waals surface area contributed by atoms with Gasteiger partial charge in [0, 0.05) is 49.4 Å². The van der Waals surface area contributed by atoms with Crippen LogP contribution < -0.4 is 15.5 Å². The van der Waals surface area contributed by atoms with E-state index < -0.39 is 47.7 Å². The quantitative estimate of drug-likeness (QED) is 0.233. The molecule has 3 rings (SSSR count). The van der Waals surface area contributed by atoms with Crippen LogP contribution in [0.15, 0.2) is 30.3 Å². The van der Waals surface area contributed by atoms with E-state index in [0.717, 1.165) is 6.07 Å². The third kappa shape index (κ3) is 10.0. The zero-order valence-corrected chi connectivity index (χ0v) is 26.0. The third-order valence-electron chi connectivity index (χ3n) is 7.44. The maximum Gasteiger partial charge on any atom is 0.390 e. The average molecular weight is 647 g/mol. The summed E-state index contributed by atoms with van der Waals surface area (Å²) in [6.07, 6.45) is -5.59. The summed E-state index contributed by atoms with van der Waals surface area (Å²) in [5, 5.41) is 15.3. The summed E-state index contributed by atoms with van der Waals surface area (Å²) < 4.78 is 68.8. The first-order valence-corrected chi connectivity index (χ1v) is 15.0. The van der Waals surface area contributed by atoms with Gasteiger partial charge in [0.1, 0.15) is 6.10 Å². The van der Waals surface area contributed by atoms with E-state index in [0.29, 0.717) is 36.8 Å². The van der Waals surface area contributed by atoms with Crippen molar-refractivity contribution < 1.29 is 36.6 Å². The molecule has 0 saturated carbocycles. The van der Waals surface area contributed by atoms with Crippen molar-refractivity contribution in [2.24, 2.45) is 11.8 Å². The van der Waals surface area contributed by atoms with Crippen LogP contribution >= 0.6 is 11.6 Å². The summed E-state index contributed by atoms with van der Waals surface area (Å²) in [7, 11) is 0. The number of rotatable bonds is 12. The molecule has 0 aromatic heterocycles. The van der Waals surface area contributed by atoms with Crippen LogP contribution in [0.3, 0.4) is 0 Å². The van der Waals surface area contributed by atoms with Crippen molar-refractivity contribution in [3.8, 4) is 0 Å². The molecule has 1 aliphatic heterocycles. The minimum atomic E-state index is -4.26. The molecule has 0 radical (unpaired) electrons. The van der Waals surface area contributed by atoms with Crippen LogP contribution in [0.4, 0.5) is 33.3 Å². The van der Waals surface area contributed by atoms with Gasteiger partial charge in [0.05, 0.1) is 23.4 Å². The van der Waals surface area contributed by atoms with E-state index in [1.54, 1.807) is 6.07 Å². The zero-order chi connectivity index (χ0) is 32.8. The standard InChI is InChI=1S/C31H40ClF5N4O3/c1-18(2)13-22-17-41(12-11-40(22)10-9-31(35,36)37)25-15-21(32)6-8-24(25)39-29(43)23-7-5-20(27(33)28(23)34)16-38-30(44)26(42)14-19(3)4/h5-8,15,18-19,22,26,42H,9-14,16-17H2,1-4H3,(H,38,44)(H,39,43)/t22-,26?/m0/s1. The predicted octanol–water partition coefficient (Wildman–Crippen LogP) is 6.38. The molecule has 2 aromatic rings. The maximum absolute atomic E-state index is 15.0. The Kier molecular flexibility index (Phi) is 12.4. The molecule has 7 nitrogen and oxygen atoms in total. The van der Waals surface area contributed by atoms with E-state index in [4.69, 9.17) is 11.6 Å². The van der Waals surface area contributed by atoms with Crippen molar-refractivity contribution in [3.63, 3.8) is 0 Å². The zero-order valence-electron chi connectivity index (χ0n) is 25.3. The van der Waals surface area contributed by atoms with Crippen LogP contribution in [0.25, 0.3) is 0 Å². The number of nitrogens with one attached hydrogen (secondary N) is 2. The Morgan fingerprint density at radius 1 is 1.05 bits per heavy atom. The molecule has 44 heavy (non-hydrogen) atoms. The largest absolute Gasteiger partial charge is 0.390 e. The fourth-order valence-electron chi connectivity index (χ4n) is 5.26. The number of amides is 2. The Bertz CT molecular complexity index is 1310. The van der Waals surface area contributed by atoms with Crippen molar-refractivity contribution in [3.05, 3.63) is 58.1 Å². The fourth-order valence-corrected chi connectivity index (χ4v) is 5.43. The lowest BCUT2D eigenvalue weighted by molar-refractivity contribution is -0.139. The summed E-state index contributed by atoms with van der Waals surface area (Å²) in [4.78, 5) is 29.0. The highest BCUT2D eigenvalue weighted by molar-refractivity contribution is 6.31. The second kappa shape index (κ2) is 15.4. The predicted molar refractivity (Wildman–Crippen MR) is 161 cm³/mol. The molecule has 2 aromatic carbocycles. The fraction of sp³-hybridized carbons (Fsp3) is 0.548. The number of nitrogens with zero attached hydrogens (tertiary/aromatic N) is 2.